The maximum Gasteiger partial charge on any atom is 0.00416 e. The molecule has 1 unspecified atom stereocenters. The van der Waals surface area contributed by atoms with Crippen LogP contribution < -0.4 is 0 Å². The molecule has 0 amide bonds. The third-order valence-corrected chi connectivity index (χ3v) is 2.83. The first-order chi connectivity index (χ1) is 7.54. The second-order valence-corrected chi connectivity index (χ2v) is 4.78. The van der Waals surface area contributed by atoms with E-state index in [0.717, 1.165) is 6.54 Å². The lowest BCUT2D eigenvalue weighted by molar-refractivity contribution is 0.376. The van der Waals surface area contributed by atoms with Crippen molar-refractivity contribution in [3.05, 3.63) is 41.5 Å². The summed E-state index contributed by atoms with van der Waals surface area (Å²) in [6.07, 6.45) is 2.24. The molecule has 0 aliphatic rings. The quantitative estimate of drug-likeness (QED) is 0.745. The van der Waals surface area contributed by atoms with Crippen LogP contribution in [0.1, 0.15) is 25.0 Å². The molecule has 0 spiro atoms. The Balaban J connectivity index is 2.91. The minimum absolute atomic E-state index is 0.571. The molecule has 16 heavy (non-hydrogen) atoms. The molecule has 0 saturated heterocycles. The van der Waals surface area contributed by atoms with E-state index in [1.807, 2.05) is 0 Å². The summed E-state index contributed by atoms with van der Waals surface area (Å²) < 4.78 is 0. The van der Waals surface area contributed by atoms with Crippen LogP contribution in [0.2, 0.25) is 0 Å². The molecule has 0 heterocycles. The zero-order valence-corrected chi connectivity index (χ0v) is 11.1. The molecule has 1 atom stereocenters. The fourth-order valence-corrected chi connectivity index (χ4v) is 2.21. The van der Waals surface area contributed by atoms with Gasteiger partial charge in [0, 0.05) is 6.54 Å². The standard InChI is InChI=1S/C15H23N/c1-6-15(13(3)11-16(4)5)14-9-7-8-12(2)10-14/h6-10,13H,11H2,1-5H3/b15-6+. The molecule has 0 N–H and O–H groups in total. The number of benzene rings is 1. The minimum Gasteiger partial charge on any atom is -0.309 e. The van der Waals surface area contributed by atoms with Crippen LogP contribution in [0, 0.1) is 12.8 Å². The Labute approximate surface area is 99.8 Å². The third-order valence-electron chi connectivity index (χ3n) is 2.83. The average molecular weight is 217 g/mol. The molecule has 1 nitrogen and oxygen atoms in total. The van der Waals surface area contributed by atoms with Crippen molar-refractivity contribution in [3.63, 3.8) is 0 Å². The molecule has 0 aromatic heterocycles. The number of aryl methyl sites for hydroxylation is 1. The van der Waals surface area contributed by atoms with E-state index in [2.05, 4.69) is 70.1 Å². The Kier molecular flexibility index (Phi) is 4.75. The van der Waals surface area contributed by atoms with Crippen LogP contribution in [0.25, 0.3) is 5.57 Å². The Hall–Kier alpha value is -1.08. The highest BCUT2D eigenvalue weighted by atomic mass is 15.1. The molecule has 1 rings (SSSR count). The van der Waals surface area contributed by atoms with E-state index in [-0.39, 0.29) is 0 Å². The van der Waals surface area contributed by atoms with Gasteiger partial charge in [0.05, 0.1) is 0 Å². The second-order valence-electron chi connectivity index (χ2n) is 4.78. The maximum absolute atomic E-state index is 2.29. The van der Waals surface area contributed by atoms with Crippen LogP contribution in [0.3, 0.4) is 0 Å². The van der Waals surface area contributed by atoms with Gasteiger partial charge in [-0.25, -0.2) is 0 Å². The minimum atomic E-state index is 0.571. The average Bonchev–Trinajstić information content (AvgIpc) is 2.17. The van der Waals surface area contributed by atoms with Gasteiger partial charge in [-0.05, 0) is 45.0 Å². The van der Waals surface area contributed by atoms with Gasteiger partial charge in [0.1, 0.15) is 0 Å². The van der Waals surface area contributed by atoms with Gasteiger partial charge in [0.25, 0.3) is 0 Å². The monoisotopic (exact) mass is 217 g/mol. The zero-order valence-electron chi connectivity index (χ0n) is 11.1. The van der Waals surface area contributed by atoms with E-state index in [1.165, 1.54) is 16.7 Å². The van der Waals surface area contributed by atoms with Gasteiger partial charge in [0.15, 0.2) is 0 Å². The molecule has 0 radical (unpaired) electrons. The number of nitrogens with zero attached hydrogens (tertiary/aromatic N) is 1. The number of rotatable bonds is 4. The summed E-state index contributed by atoms with van der Waals surface area (Å²) in [5, 5.41) is 0. The summed E-state index contributed by atoms with van der Waals surface area (Å²) >= 11 is 0. The normalized spacial score (nSPS) is 14.2. The molecule has 1 aromatic rings. The molecule has 0 aliphatic carbocycles. The van der Waals surface area contributed by atoms with Crippen LogP contribution in [-0.4, -0.2) is 25.5 Å². The molecule has 1 heteroatoms. The molecule has 0 aliphatic heterocycles. The molecule has 0 bridgehead atoms. The SMILES string of the molecule is C/C=C(/c1cccc(C)c1)C(C)CN(C)C. The largest absolute Gasteiger partial charge is 0.309 e. The van der Waals surface area contributed by atoms with Crippen molar-refractivity contribution in [2.75, 3.05) is 20.6 Å². The lowest BCUT2D eigenvalue weighted by Crippen LogP contribution is -2.20. The van der Waals surface area contributed by atoms with Crippen molar-refractivity contribution in [2.45, 2.75) is 20.8 Å². The van der Waals surface area contributed by atoms with Crippen LogP contribution in [0.5, 0.6) is 0 Å². The molecule has 88 valence electrons. The lowest BCUT2D eigenvalue weighted by atomic mass is 9.92. The second kappa shape index (κ2) is 5.86. The van der Waals surface area contributed by atoms with E-state index in [1.54, 1.807) is 0 Å². The molecule has 0 fully saturated rings. The van der Waals surface area contributed by atoms with Crippen molar-refractivity contribution in [1.29, 1.82) is 0 Å². The highest BCUT2D eigenvalue weighted by Crippen LogP contribution is 2.24. The topological polar surface area (TPSA) is 3.24 Å². The van der Waals surface area contributed by atoms with Crippen molar-refractivity contribution >= 4 is 5.57 Å². The highest BCUT2D eigenvalue weighted by molar-refractivity contribution is 5.67. The summed E-state index contributed by atoms with van der Waals surface area (Å²) in [5.41, 5.74) is 4.13. The summed E-state index contributed by atoms with van der Waals surface area (Å²) in [6, 6.07) is 8.75. The van der Waals surface area contributed by atoms with Gasteiger partial charge in [-0.3, -0.25) is 0 Å². The van der Waals surface area contributed by atoms with Crippen LogP contribution >= 0.6 is 0 Å². The van der Waals surface area contributed by atoms with Crippen LogP contribution in [0.4, 0.5) is 0 Å². The molecule has 0 saturated carbocycles. The van der Waals surface area contributed by atoms with E-state index in [9.17, 15) is 0 Å². The van der Waals surface area contributed by atoms with E-state index >= 15 is 0 Å². The lowest BCUT2D eigenvalue weighted by Gasteiger charge is -2.20. The van der Waals surface area contributed by atoms with Crippen molar-refractivity contribution < 1.29 is 0 Å². The zero-order chi connectivity index (χ0) is 12.1. The summed E-state index contributed by atoms with van der Waals surface area (Å²) in [4.78, 5) is 2.24. The van der Waals surface area contributed by atoms with E-state index in [0.29, 0.717) is 5.92 Å². The predicted octanol–water partition coefficient (Wildman–Crippen LogP) is 3.60. The van der Waals surface area contributed by atoms with E-state index in [4.69, 9.17) is 0 Å². The number of hydrogen-bond acceptors (Lipinski definition) is 1. The molecular formula is C15H23N. The van der Waals surface area contributed by atoms with Gasteiger partial charge < -0.3 is 4.90 Å². The summed E-state index contributed by atoms with van der Waals surface area (Å²) in [5.74, 6) is 0.571. The number of allylic oxidation sites excluding steroid dienone is 1. The Morgan fingerprint density at radius 1 is 1.38 bits per heavy atom. The van der Waals surface area contributed by atoms with Crippen molar-refractivity contribution in [3.8, 4) is 0 Å². The Morgan fingerprint density at radius 2 is 2.06 bits per heavy atom. The molecular weight excluding hydrogens is 194 g/mol. The fourth-order valence-electron chi connectivity index (χ4n) is 2.21. The van der Waals surface area contributed by atoms with Crippen LogP contribution in [-0.2, 0) is 0 Å². The van der Waals surface area contributed by atoms with Gasteiger partial charge >= 0.3 is 0 Å². The first-order valence-electron chi connectivity index (χ1n) is 5.92. The Morgan fingerprint density at radius 3 is 2.56 bits per heavy atom. The third kappa shape index (κ3) is 3.49. The predicted molar refractivity (Wildman–Crippen MR) is 72.5 cm³/mol. The van der Waals surface area contributed by atoms with Crippen LogP contribution in [0.15, 0.2) is 30.3 Å². The number of hydrogen-bond donors (Lipinski definition) is 0. The van der Waals surface area contributed by atoms with Gasteiger partial charge in [-0.15, -0.1) is 0 Å². The van der Waals surface area contributed by atoms with Gasteiger partial charge in [-0.1, -0.05) is 42.8 Å². The summed E-state index contributed by atoms with van der Waals surface area (Å²) in [7, 11) is 4.25. The van der Waals surface area contributed by atoms with Crippen molar-refractivity contribution in [1.82, 2.24) is 4.90 Å². The van der Waals surface area contributed by atoms with Gasteiger partial charge in [0.2, 0.25) is 0 Å². The van der Waals surface area contributed by atoms with Gasteiger partial charge in [-0.2, -0.15) is 0 Å². The highest BCUT2D eigenvalue weighted by Gasteiger charge is 2.11. The fraction of sp³-hybridized carbons (Fsp3) is 0.467. The summed E-state index contributed by atoms with van der Waals surface area (Å²) in [6.45, 7) is 7.66. The maximum atomic E-state index is 2.29. The van der Waals surface area contributed by atoms with E-state index < -0.39 is 0 Å². The first kappa shape index (κ1) is 13.0. The molecule has 1 aromatic carbocycles. The Bertz CT molecular complexity index is 363. The first-order valence-corrected chi connectivity index (χ1v) is 5.92. The smallest absolute Gasteiger partial charge is 0.00416 e. The van der Waals surface area contributed by atoms with Crippen molar-refractivity contribution in [2.24, 2.45) is 5.92 Å².